The maximum absolute atomic E-state index is 5.16. The molecule has 0 aromatic heterocycles. The highest BCUT2D eigenvalue weighted by molar-refractivity contribution is 8.13. The highest BCUT2D eigenvalue weighted by atomic mass is 32.2. The van der Waals surface area contributed by atoms with Crippen molar-refractivity contribution in [1.82, 2.24) is 0 Å². The van der Waals surface area contributed by atoms with E-state index in [0.717, 1.165) is 11.5 Å². The van der Waals surface area contributed by atoms with Gasteiger partial charge >= 0.3 is 0 Å². The van der Waals surface area contributed by atoms with Crippen molar-refractivity contribution in [3.63, 3.8) is 0 Å². The van der Waals surface area contributed by atoms with Gasteiger partial charge < -0.3 is 5.73 Å². The minimum absolute atomic E-state index is 0.399. The van der Waals surface area contributed by atoms with Crippen molar-refractivity contribution < 1.29 is 0 Å². The van der Waals surface area contributed by atoms with Crippen LogP contribution < -0.4 is 5.73 Å². The van der Waals surface area contributed by atoms with Crippen molar-refractivity contribution in [1.29, 1.82) is 0 Å². The first-order valence-electron chi connectivity index (χ1n) is 3.53. The molecule has 1 atom stereocenters. The van der Waals surface area contributed by atoms with Crippen molar-refractivity contribution in [3.05, 3.63) is 12.4 Å². The van der Waals surface area contributed by atoms with E-state index < -0.39 is 0 Å². The van der Waals surface area contributed by atoms with Crippen LogP contribution in [0.25, 0.3) is 0 Å². The average molecular weight is 169 g/mol. The number of hydrogen-bond acceptors (Lipinski definition) is 4. The van der Waals surface area contributed by atoms with E-state index in [2.05, 4.69) is 16.3 Å². The van der Waals surface area contributed by atoms with E-state index in [-0.39, 0.29) is 0 Å². The standard InChI is InChI=1S/C7H11N3S/c1-2-6-5-10-11-7(6)9-4-3-8/h3-6H,2,8H2,1H3/b4-3-,9-7+. The van der Waals surface area contributed by atoms with Crippen LogP contribution in [0.1, 0.15) is 13.3 Å². The Morgan fingerprint density at radius 3 is 3.36 bits per heavy atom. The lowest BCUT2D eigenvalue weighted by atomic mass is 10.1. The van der Waals surface area contributed by atoms with Gasteiger partial charge in [0.1, 0.15) is 5.04 Å². The van der Waals surface area contributed by atoms with Gasteiger partial charge in [-0.05, 0) is 6.42 Å². The molecule has 0 saturated heterocycles. The highest BCUT2D eigenvalue weighted by Crippen LogP contribution is 2.22. The summed E-state index contributed by atoms with van der Waals surface area (Å²) in [6, 6.07) is 0. The van der Waals surface area contributed by atoms with Crippen LogP contribution in [0.3, 0.4) is 0 Å². The first-order valence-corrected chi connectivity index (χ1v) is 4.30. The second-order valence-corrected chi connectivity index (χ2v) is 2.98. The van der Waals surface area contributed by atoms with Crippen LogP contribution in [0, 0.1) is 5.92 Å². The van der Waals surface area contributed by atoms with Crippen molar-refractivity contribution in [3.8, 4) is 0 Å². The SMILES string of the molecule is CCC1C=NS/C1=N/C=C\N. The Morgan fingerprint density at radius 2 is 2.73 bits per heavy atom. The number of rotatable bonds is 2. The fourth-order valence-corrected chi connectivity index (χ4v) is 1.59. The molecule has 2 N–H and O–H groups in total. The molecule has 1 rings (SSSR count). The van der Waals surface area contributed by atoms with Crippen LogP contribution in [0.5, 0.6) is 0 Å². The number of nitrogens with two attached hydrogens (primary N) is 1. The van der Waals surface area contributed by atoms with Crippen molar-refractivity contribution >= 4 is 23.2 Å². The van der Waals surface area contributed by atoms with Gasteiger partial charge in [0.2, 0.25) is 0 Å². The Bertz CT molecular complexity index is 208. The minimum Gasteiger partial charge on any atom is -0.403 e. The average Bonchev–Trinajstić information content (AvgIpc) is 2.47. The number of nitrogens with zero attached hydrogens (tertiary/aromatic N) is 2. The minimum atomic E-state index is 0.399. The zero-order valence-electron chi connectivity index (χ0n) is 6.40. The summed E-state index contributed by atoms with van der Waals surface area (Å²) in [7, 11) is 0. The van der Waals surface area contributed by atoms with E-state index in [1.54, 1.807) is 6.20 Å². The third kappa shape index (κ3) is 2.08. The molecular formula is C7H11N3S. The molecule has 0 bridgehead atoms. The molecule has 3 nitrogen and oxygen atoms in total. The van der Waals surface area contributed by atoms with Gasteiger partial charge in [-0.1, -0.05) is 6.92 Å². The third-order valence-corrected chi connectivity index (χ3v) is 2.25. The van der Waals surface area contributed by atoms with Gasteiger partial charge in [-0.2, -0.15) is 0 Å². The van der Waals surface area contributed by atoms with Gasteiger partial charge in [-0.3, -0.25) is 4.99 Å². The second-order valence-electron chi connectivity index (χ2n) is 2.17. The lowest BCUT2D eigenvalue weighted by Crippen LogP contribution is -2.05. The van der Waals surface area contributed by atoms with Crippen LogP contribution in [0.4, 0.5) is 0 Å². The number of aliphatic imine (C=N–C) groups is 1. The van der Waals surface area contributed by atoms with Gasteiger partial charge in [-0.15, -0.1) is 0 Å². The zero-order chi connectivity index (χ0) is 8.10. The summed E-state index contributed by atoms with van der Waals surface area (Å²) in [6.07, 6.45) is 6.00. The first kappa shape index (κ1) is 8.33. The fourth-order valence-electron chi connectivity index (χ4n) is 0.805. The fraction of sp³-hybridized carbons (Fsp3) is 0.429. The molecule has 0 radical (unpaired) electrons. The van der Waals surface area contributed by atoms with E-state index in [0.29, 0.717) is 5.92 Å². The third-order valence-electron chi connectivity index (χ3n) is 1.43. The van der Waals surface area contributed by atoms with Gasteiger partial charge in [-0.25, -0.2) is 4.40 Å². The molecule has 0 fully saturated rings. The Morgan fingerprint density at radius 1 is 1.91 bits per heavy atom. The summed E-state index contributed by atoms with van der Waals surface area (Å²) in [6.45, 7) is 2.12. The maximum atomic E-state index is 5.16. The zero-order valence-corrected chi connectivity index (χ0v) is 7.21. The molecule has 60 valence electrons. The molecule has 0 amide bonds. The van der Waals surface area contributed by atoms with E-state index in [9.17, 15) is 0 Å². The summed E-state index contributed by atoms with van der Waals surface area (Å²) in [5.41, 5.74) is 5.16. The monoisotopic (exact) mass is 169 g/mol. The van der Waals surface area contributed by atoms with E-state index in [1.807, 2.05) is 6.21 Å². The molecule has 0 spiro atoms. The van der Waals surface area contributed by atoms with Crippen LogP contribution in [-0.4, -0.2) is 11.3 Å². The molecule has 4 heteroatoms. The van der Waals surface area contributed by atoms with E-state index >= 15 is 0 Å². The summed E-state index contributed by atoms with van der Waals surface area (Å²) in [5.74, 6) is 0.399. The summed E-state index contributed by atoms with van der Waals surface area (Å²) in [4.78, 5) is 4.14. The first-order chi connectivity index (χ1) is 5.38. The Hall–Kier alpha value is -0.770. The van der Waals surface area contributed by atoms with Crippen LogP contribution in [-0.2, 0) is 0 Å². The quantitative estimate of drug-likeness (QED) is 0.638. The van der Waals surface area contributed by atoms with Gasteiger partial charge in [0.15, 0.2) is 0 Å². The number of hydrogen-bond donors (Lipinski definition) is 1. The lowest BCUT2D eigenvalue weighted by molar-refractivity contribution is 0.889. The molecular weight excluding hydrogens is 158 g/mol. The molecule has 11 heavy (non-hydrogen) atoms. The molecule has 0 aliphatic carbocycles. The van der Waals surface area contributed by atoms with E-state index in [1.165, 1.54) is 18.1 Å². The summed E-state index contributed by atoms with van der Waals surface area (Å²) < 4.78 is 4.06. The Labute approximate surface area is 70.6 Å². The summed E-state index contributed by atoms with van der Waals surface area (Å²) >= 11 is 1.43. The summed E-state index contributed by atoms with van der Waals surface area (Å²) in [5, 5.41) is 1.04. The normalized spacial score (nSPS) is 27.4. The molecule has 0 saturated carbocycles. The van der Waals surface area contributed by atoms with Gasteiger partial charge in [0.25, 0.3) is 0 Å². The van der Waals surface area contributed by atoms with Crippen molar-refractivity contribution in [2.45, 2.75) is 13.3 Å². The second kappa shape index (κ2) is 4.18. The Balaban J connectivity index is 2.60. The lowest BCUT2D eigenvalue weighted by Gasteiger charge is -2.00. The predicted octanol–water partition coefficient (Wildman–Crippen LogP) is 1.57. The molecule has 0 aromatic rings. The topological polar surface area (TPSA) is 50.7 Å². The van der Waals surface area contributed by atoms with Crippen LogP contribution >= 0.6 is 11.9 Å². The van der Waals surface area contributed by atoms with Crippen LogP contribution in [0.2, 0.25) is 0 Å². The maximum Gasteiger partial charge on any atom is 0.104 e. The molecule has 1 heterocycles. The molecule has 1 unspecified atom stereocenters. The Kier molecular flexibility index (Phi) is 3.16. The van der Waals surface area contributed by atoms with Crippen LogP contribution in [0.15, 0.2) is 21.8 Å². The molecule has 0 aromatic carbocycles. The largest absolute Gasteiger partial charge is 0.403 e. The van der Waals surface area contributed by atoms with Gasteiger partial charge in [0.05, 0.1) is 0 Å². The smallest absolute Gasteiger partial charge is 0.104 e. The van der Waals surface area contributed by atoms with Crippen molar-refractivity contribution in [2.24, 2.45) is 21.0 Å². The molecule has 1 aliphatic heterocycles. The van der Waals surface area contributed by atoms with E-state index in [4.69, 9.17) is 5.73 Å². The van der Waals surface area contributed by atoms with Crippen molar-refractivity contribution in [2.75, 3.05) is 0 Å². The van der Waals surface area contributed by atoms with Gasteiger partial charge in [0, 0.05) is 36.5 Å². The predicted molar refractivity (Wildman–Crippen MR) is 50.6 cm³/mol. The molecule has 1 aliphatic rings. The highest BCUT2D eigenvalue weighted by Gasteiger charge is 2.16.